The van der Waals surface area contributed by atoms with Gasteiger partial charge in [-0.25, -0.2) is 8.42 Å². The number of sulfonamides is 1. The number of rotatable bonds is 6. The average Bonchev–Trinajstić information content (AvgIpc) is 2.91. The van der Waals surface area contributed by atoms with Gasteiger partial charge in [-0.2, -0.15) is 4.31 Å². The summed E-state index contributed by atoms with van der Waals surface area (Å²) in [7, 11) is -3.57. The van der Waals surface area contributed by atoms with Crippen LogP contribution in [0, 0.1) is 0 Å². The third-order valence-corrected chi connectivity index (χ3v) is 5.24. The second kappa shape index (κ2) is 6.31. The van der Waals surface area contributed by atoms with Crippen molar-refractivity contribution in [1.29, 1.82) is 0 Å². The number of benzene rings is 1. The first-order valence-electron chi connectivity index (χ1n) is 6.68. The Morgan fingerprint density at radius 2 is 2.10 bits per heavy atom. The van der Waals surface area contributed by atoms with Crippen LogP contribution in [0.3, 0.4) is 0 Å². The SMILES string of the molecule is NC(=O)C1CCCN1S(=O)(=O)CCOc1ccccc1N. The number of anilines is 1. The normalized spacial score (nSPS) is 19.5. The number of carbonyl (C=O) groups excluding carboxylic acids is 1. The monoisotopic (exact) mass is 313 g/mol. The van der Waals surface area contributed by atoms with Gasteiger partial charge in [0, 0.05) is 6.54 Å². The number of primary amides is 1. The van der Waals surface area contributed by atoms with Crippen LogP contribution < -0.4 is 16.2 Å². The van der Waals surface area contributed by atoms with Crippen molar-refractivity contribution >= 4 is 21.6 Å². The molecule has 0 radical (unpaired) electrons. The summed E-state index contributed by atoms with van der Waals surface area (Å²) in [6.45, 7) is 0.294. The van der Waals surface area contributed by atoms with Crippen LogP contribution in [0.5, 0.6) is 5.75 Å². The summed E-state index contributed by atoms with van der Waals surface area (Å²) in [5.74, 6) is -0.379. The highest BCUT2D eigenvalue weighted by Crippen LogP contribution is 2.22. The van der Waals surface area contributed by atoms with Gasteiger partial charge in [0.2, 0.25) is 15.9 Å². The van der Waals surface area contributed by atoms with Gasteiger partial charge in [-0.15, -0.1) is 0 Å². The first-order chi connectivity index (χ1) is 9.92. The lowest BCUT2D eigenvalue weighted by atomic mass is 10.2. The number of carbonyl (C=O) groups is 1. The number of amides is 1. The van der Waals surface area contributed by atoms with E-state index in [4.69, 9.17) is 16.2 Å². The van der Waals surface area contributed by atoms with Crippen LogP contribution in [0.25, 0.3) is 0 Å². The predicted octanol–water partition coefficient (Wildman–Crippen LogP) is -0.0729. The molecule has 1 aromatic carbocycles. The molecule has 21 heavy (non-hydrogen) atoms. The van der Waals surface area contributed by atoms with Crippen LogP contribution in [0.2, 0.25) is 0 Å². The third kappa shape index (κ3) is 3.64. The van der Waals surface area contributed by atoms with Crippen LogP contribution >= 0.6 is 0 Å². The quantitative estimate of drug-likeness (QED) is 0.713. The van der Waals surface area contributed by atoms with Crippen LogP contribution in [-0.4, -0.2) is 43.6 Å². The molecule has 116 valence electrons. The Bertz CT molecular complexity index is 618. The van der Waals surface area contributed by atoms with Crippen LogP contribution in [0.15, 0.2) is 24.3 Å². The van der Waals surface area contributed by atoms with E-state index in [2.05, 4.69) is 0 Å². The minimum absolute atomic E-state index is 0.0292. The van der Waals surface area contributed by atoms with Crippen molar-refractivity contribution in [1.82, 2.24) is 4.31 Å². The highest BCUT2D eigenvalue weighted by Gasteiger charge is 2.37. The maximum Gasteiger partial charge on any atom is 0.235 e. The molecular weight excluding hydrogens is 294 g/mol. The molecule has 1 aliphatic heterocycles. The molecule has 2 rings (SSSR count). The second-order valence-electron chi connectivity index (χ2n) is 4.87. The van der Waals surface area contributed by atoms with Crippen molar-refractivity contribution in [3.8, 4) is 5.75 Å². The fraction of sp³-hybridized carbons (Fsp3) is 0.462. The fourth-order valence-electron chi connectivity index (χ4n) is 2.34. The zero-order valence-corrected chi connectivity index (χ0v) is 12.4. The summed E-state index contributed by atoms with van der Waals surface area (Å²) < 4.78 is 31.0. The summed E-state index contributed by atoms with van der Waals surface area (Å²) >= 11 is 0. The Morgan fingerprint density at radius 1 is 1.38 bits per heavy atom. The molecule has 1 atom stereocenters. The number of ether oxygens (including phenoxy) is 1. The van der Waals surface area contributed by atoms with Crippen molar-refractivity contribution in [2.45, 2.75) is 18.9 Å². The first kappa shape index (κ1) is 15.6. The van der Waals surface area contributed by atoms with Gasteiger partial charge in [0.1, 0.15) is 18.4 Å². The van der Waals surface area contributed by atoms with E-state index in [1.165, 1.54) is 4.31 Å². The van der Waals surface area contributed by atoms with Crippen molar-refractivity contribution in [3.05, 3.63) is 24.3 Å². The minimum Gasteiger partial charge on any atom is -0.490 e. The molecule has 8 heteroatoms. The number of nitrogen functional groups attached to an aromatic ring is 1. The van der Waals surface area contributed by atoms with Crippen molar-refractivity contribution < 1.29 is 17.9 Å². The molecule has 0 aromatic heterocycles. The van der Waals surface area contributed by atoms with Gasteiger partial charge >= 0.3 is 0 Å². The van der Waals surface area contributed by atoms with Crippen molar-refractivity contribution in [2.75, 3.05) is 24.6 Å². The van der Waals surface area contributed by atoms with Gasteiger partial charge < -0.3 is 16.2 Å². The molecule has 4 N–H and O–H groups in total. The topological polar surface area (TPSA) is 116 Å². The zero-order valence-electron chi connectivity index (χ0n) is 11.6. The maximum atomic E-state index is 12.2. The van der Waals surface area contributed by atoms with E-state index in [-0.39, 0.29) is 12.4 Å². The molecule has 0 spiro atoms. The van der Waals surface area contributed by atoms with E-state index in [1.54, 1.807) is 24.3 Å². The minimum atomic E-state index is -3.57. The van der Waals surface area contributed by atoms with Gasteiger partial charge in [0.15, 0.2) is 0 Å². The smallest absolute Gasteiger partial charge is 0.235 e. The van der Waals surface area contributed by atoms with Gasteiger partial charge in [0.05, 0.1) is 11.4 Å². The van der Waals surface area contributed by atoms with Crippen molar-refractivity contribution in [3.63, 3.8) is 0 Å². The Hall–Kier alpha value is -1.80. The Balaban J connectivity index is 1.96. The summed E-state index contributed by atoms with van der Waals surface area (Å²) in [5, 5.41) is 0. The number of hydrogen-bond donors (Lipinski definition) is 2. The lowest BCUT2D eigenvalue weighted by molar-refractivity contribution is -0.121. The summed E-state index contributed by atoms with van der Waals surface area (Å²) in [6, 6.07) is 6.12. The Labute approximate surface area is 123 Å². The summed E-state index contributed by atoms with van der Waals surface area (Å²) in [4.78, 5) is 11.3. The molecule has 1 aromatic rings. The first-order valence-corrected chi connectivity index (χ1v) is 8.29. The number of nitrogens with zero attached hydrogens (tertiary/aromatic N) is 1. The largest absolute Gasteiger partial charge is 0.490 e. The van der Waals surface area contributed by atoms with Gasteiger partial charge in [0.25, 0.3) is 0 Å². The molecular formula is C13H19N3O4S. The highest BCUT2D eigenvalue weighted by atomic mass is 32.2. The zero-order chi connectivity index (χ0) is 15.5. The van der Waals surface area contributed by atoms with Gasteiger partial charge in [-0.05, 0) is 25.0 Å². The average molecular weight is 313 g/mol. The van der Waals surface area contributed by atoms with Crippen LogP contribution in [0.4, 0.5) is 5.69 Å². The Morgan fingerprint density at radius 3 is 2.76 bits per heavy atom. The predicted molar refractivity (Wildman–Crippen MR) is 79.1 cm³/mol. The summed E-state index contributed by atoms with van der Waals surface area (Å²) in [6.07, 6.45) is 1.11. The van der Waals surface area contributed by atoms with Crippen molar-refractivity contribution in [2.24, 2.45) is 5.73 Å². The number of para-hydroxylation sites is 2. The lowest BCUT2D eigenvalue weighted by Crippen LogP contribution is -2.45. The van der Waals surface area contributed by atoms with Crippen LogP contribution in [0.1, 0.15) is 12.8 Å². The molecule has 0 saturated carbocycles. The maximum absolute atomic E-state index is 12.2. The van der Waals surface area contributed by atoms with E-state index in [1.807, 2.05) is 0 Å². The molecule has 1 amide bonds. The molecule has 1 heterocycles. The van der Waals surface area contributed by atoms with Gasteiger partial charge in [-0.3, -0.25) is 4.79 Å². The third-order valence-electron chi connectivity index (χ3n) is 3.41. The molecule has 1 aliphatic rings. The van der Waals surface area contributed by atoms with E-state index >= 15 is 0 Å². The van der Waals surface area contributed by atoms with E-state index < -0.39 is 22.0 Å². The molecule has 7 nitrogen and oxygen atoms in total. The second-order valence-corrected chi connectivity index (χ2v) is 6.91. The van der Waals surface area contributed by atoms with E-state index in [0.717, 1.165) is 0 Å². The van der Waals surface area contributed by atoms with Gasteiger partial charge in [-0.1, -0.05) is 12.1 Å². The number of nitrogens with two attached hydrogens (primary N) is 2. The van der Waals surface area contributed by atoms with E-state index in [0.29, 0.717) is 30.8 Å². The summed E-state index contributed by atoms with van der Waals surface area (Å²) in [5.41, 5.74) is 11.4. The standard InChI is InChI=1S/C13H19N3O4S/c14-10-4-1-2-6-12(10)20-8-9-21(18,19)16-7-3-5-11(16)13(15)17/h1-2,4,6,11H,3,5,7-9,14H2,(H2,15,17). The molecule has 0 aliphatic carbocycles. The van der Waals surface area contributed by atoms with Crippen LogP contribution in [-0.2, 0) is 14.8 Å². The van der Waals surface area contributed by atoms with E-state index in [9.17, 15) is 13.2 Å². The molecule has 1 unspecified atom stereocenters. The Kier molecular flexibility index (Phi) is 4.69. The molecule has 0 bridgehead atoms. The molecule has 1 fully saturated rings. The highest BCUT2D eigenvalue weighted by molar-refractivity contribution is 7.89. The fourth-order valence-corrected chi connectivity index (χ4v) is 3.88. The molecule has 1 saturated heterocycles. The number of hydrogen-bond acceptors (Lipinski definition) is 5. The lowest BCUT2D eigenvalue weighted by Gasteiger charge is -2.21.